The van der Waals surface area contributed by atoms with Gasteiger partial charge >= 0.3 is 0 Å². The number of aliphatic hydroxyl groups is 1. The van der Waals surface area contributed by atoms with Gasteiger partial charge in [-0.2, -0.15) is 0 Å². The first-order valence-corrected chi connectivity index (χ1v) is 6.51. The van der Waals surface area contributed by atoms with Gasteiger partial charge in [0.15, 0.2) is 0 Å². The lowest BCUT2D eigenvalue weighted by Crippen LogP contribution is -2.37. The van der Waals surface area contributed by atoms with Crippen molar-refractivity contribution >= 4 is 0 Å². The summed E-state index contributed by atoms with van der Waals surface area (Å²) in [5.41, 5.74) is 0.913. The molecule has 0 bridgehead atoms. The van der Waals surface area contributed by atoms with Crippen LogP contribution in [0.4, 0.5) is 0 Å². The number of aliphatic hydroxyl groups excluding tert-OH is 1. The van der Waals surface area contributed by atoms with Gasteiger partial charge in [-0.15, -0.1) is 0 Å². The van der Waals surface area contributed by atoms with Crippen LogP contribution >= 0.6 is 0 Å². The maximum Gasteiger partial charge on any atom is 0.119 e. The quantitative estimate of drug-likeness (QED) is 0.773. The number of nitrogens with zero attached hydrogens (tertiary/aromatic N) is 1. The van der Waals surface area contributed by atoms with E-state index in [0.29, 0.717) is 0 Å². The maximum atomic E-state index is 8.93. The van der Waals surface area contributed by atoms with Gasteiger partial charge in [0.25, 0.3) is 0 Å². The van der Waals surface area contributed by atoms with Crippen molar-refractivity contribution in [2.45, 2.75) is 13.0 Å². The highest BCUT2D eigenvalue weighted by molar-refractivity contribution is 5.26. The average molecular weight is 251 g/mol. The van der Waals surface area contributed by atoms with Crippen molar-refractivity contribution in [2.24, 2.45) is 0 Å². The lowest BCUT2D eigenvalue weighted by molar-refractivity contribution is 0.0358. The van der Waals surface area contributed by atoms with E-state index in [0.717, 1.165) is 57.2 Å². The third-order valence-electron chi connectivity index (χ3n) is 3.10. The Kier molecular flexibility index (Phi) is 5.45. The summed E-state index contributed by atoms with van der Waals surface area (Å²) in [5.74, 6) is 0.870. The molecule has 1 aromatic carbocycles. The second kappa shape index (κ2) is 7.36. The van der Waals surface area contributed by atoms with Crippen LogP contribution in [0.1, 0.15) is 12.0 Å². The Morgan fingerprint density at radius 2 is 1.89 bits per heavy atom. The first-order valence-electron chi connectivity index (χ1n) is 6.51. The minimum atomic E-state index is 0.0807. The Bertz CT molecular complexity index is 333. The van der Waals surface area contributed by atoms with Gasteiger partial charge in [0, 0.05) is 19.6 Å². The molecule has 0 saturated carbocycles. The topological polar surface area (TPSA) is 41.9 Å². The van der Waals surface area contributed by atoms with Gasteiger partial charge in [-0.05, 0) is 24.1 Å². The lowest BCUT2D eigenvalue weighted by Gasteiger charge is -2.26. The van der Waals surface area contributed by atoms with Gasteiger partial charge in [-0.3, -0.25) is 4.90 Å². The summed E-state index contributed by atoms with van der Waals surface area (Å²) in [6.45, 7) is 5.65. The summed E-state index contributed by atoms with van der Waals surface area (Å²) in [7, 11) is 0. The summed E-state index contributed by atoms with van der Waals surface area (Å²) in [5, 5.41) is 8.93. The smallest absolute Gasteiger partial charge is 0.119 e. The van der Waals surface area contributed by atoms with Crippen molar-refractivity contribution in [1.29, 1.82) is 0 Å². The Morgan fingerprint density at radius 1 is 1.17 bits per heavy atom. The average Bonchev–Trinajstić information content (AvgIpc) is 2.45. The zero-order valence-electron chi connectivity index (χ0n) is 10.7. The standard InChI is InChI=1S/C14H21NO3/c16-12-13-2-4-14(5-3-13)18-9-1-6-15-7-10-17-11-8-15/h2-5,16H,1,6-12H2. The summed E-state index contributed by atoms with van der Waals surface area (Å²) in [6.07, 6.45) is 1.03. The number of rotatable bonds is 6. The van der Waals surface area contributed by atoms with Crippen molar-refractivity contribution in [3.05, 3.63) is 29.8 Å². The maximum absolute atomic E-state index is 8.93. The molecule has 1 aromatic rings. The van der Waals surface area contributed by atoms with E-state index in [2.05, 4.69) is 4.90 Å². The molecule has 18 heavy (non-hydrogen) atoms. The highest BCUT2D eigenvalue weighted by atomic mass is 16.5. The molecular formula is C14H21NO3. The zero-order valence-corrected chi connectivity index (χ0v) is 10.7. The van der Waals surface area contributed by atoms with E-state index in [9.17, 15) is 0 Å². The van der Waals surface area contributed by atoms with Crippen molar-refractivity contribution in [3.63, 3.8) is 0 Å². The van der Waals surface area contributed by atoms with Crippen LogP contribution in [0.5, 0.6) is 5.75 Å². The number of benzene rings is 1. The third-order valence-corrected chi connectivity index (χ3v) is 3.10. The molecule has 2 rings (SSSR count). The van der Waals surface area contributed by atoms with Crippen LogP contribution in [-0.2, 0) is 11.3 Å². The van der Waals surface area contributed by atoms with E-state index in [-0.39, 0.29) is 6.61 Å². The molecule has 0 aliphatic carbocycles. The SMILES string of the molecule is OCc1ccc(OCCCN2CCOCC2)cc1. The van der Waals surface area contributed by atoms with Gasteiger partial charge in [-0.25, -0.2) is 0 Å². The Labute approximate surface area is 108 Å². The predicted octanol–water partition coefficient (Wildman–Crippen LogP) is 1.28. The van der Waals surface area contributed by atoms with Crippen LogP contribution in [0.15, 0.2) is 24.3 Å². The molecule has 1 aliphatic heterocycles. The van der Waals surface area contributed by atoms with Crippen molar-refractivity contribution in [2.75, 3.05) is 39.5 Å². The molecule has 0 atom stereocenters. The molecule has 0 amide bonds. The second-order valence-corrected chi connectivity index (χ2v) is 4.46. The van der Waals surface area contributed by atoms with Crippen molar-refractivity contribution in [1.82, 2.24) is 4.90 Å². The van der Waals surface area contributed by atoms with Gasteiger partial charge in [-0.1, -0.05) is 12.1 Å². The molecule has 0 unspecified atom stereocenters. The first kappa shape index (κ1) is 13.3. The minimum absolute atomic E-state index is 0.0807. The lowest BCUT2D eigenvalue weighted by atomic mass is 10.2. The molecule has 1 fully saturated rings. The fourth-order valence-electron chi connectivity index (χ4n) is 1.99. The molecular weight excluding hydrogens is 230 g/mol. The van der Waals surface area contributed by atoms with Gasteiger partial charge in [0.2, 0.25) is 0 Å². The minimum Gasteiger partial charge on any atom is -0.494 e. The largest absolute Gasteiger partial charge is 0.494 e. The number of ether oxygens (including phenoxy) is 2. The Morgan fingerprint density at radius 3 is 2.56 bits per heavy atom. The van der Waals surface area contributed by atoms with Crippen LogP contribution in [-0.4, -0.2) is 49.5 Å². The van der Waals surface area contributed by atoms with Crippen LogP contribution in [0.2, 0.25) is 0 Å². The molecule has 0 radical (unpaired) electrons. The summed E-state index contributed by atoms with van der Waals surface area (Å²) in [6, 6.07) is 7.58. The molecule has 4 nitrogen and oxygen atoms in total. The monoisotopic (exact) mass is 251 g/mol. The zero-order chi connectivity index (χ0) is 12.6. The third kappa shape index (κ3) is 4.29. The van der Waals surface area contributed by atoms with E-state index in [1.807, 2.05) is 24.3 Å². The normalized spacial score (nSPS) is 16.7. The summed E-state index contributed by atoms with van der Waals surface area (Å²) in [4.78, 5) is 2.40. The Balaban J connectivity index is 1.62. The predicted molar refractivity (Wildman–Crippen MR) is 69.7 cm³/mol. The molecule has 0 aromatic heterocycles. The molecule has 1 aliphatic rings. The van der Waals surface area contributed by atoms with Crippen LogP contribution in [0.3, 0.4) is 0 Å². The van der Waals surface area contributed by atoms with Crippen molar-refractivity contribution in [3.8, 4) is 5.75 Å². The molecule has 1 saturated heterocycles. The summed E-state index contributed by atoms with van der Waals surface area (Å²) < 4.78 is 11.0. The van der Waals surface area contributed by atoms with E-state index in [1.54, 1.807) is 0 Å². The van der Waals surface area contributed by atoms with E-state index < -0.39 is 0 Å². The fraction of sp³-hybridized carbons (Fsp3) is 0.571. The van der Waals surface area contributed by atoms with Crippen LogP contribution < -0.4 is 4.74 Å². The number of hydrogen-bond donors (Lipinski definition) is 1. The van der Waals surface area contributed by atoms with Gasteiger partial charge < -0.3 is 14.6 Å². The molecule has 1 N–H and O–H groups in total. The van der Waals surface area contributed by atoms with Gasteiger partial charge in [0.05, 0.1) is 26.4 Å². The summed E-state index contributed by atoms with van der Waals surface area (Å²) >= 11 is 0. The molecule has 4 heteroatoms. The second-order valence-electron chi connectivity index (χ2n) is 4.46. The molecule has 1 heterocycles. The van der Waals surface area contributed by atoms with Crippen LogP contribution in [0.25, 0.3) is 0 Å². The number of hydrogen-bond acceptors (Lipinski definition) is 4. The van der Waals surface area contributed by atoms with Gasteiger partial charge in [0.1, 0.15) is 5.75 Å². The van der Waals surface area contributed by atoms with E-state index >= 15 is 0 Å². The van der Waals surface area contributed by atoms with Crippen molar-refractivity contribution < 1.29 is 14.6 Å². The Hall–Kier alpha value is -1.10. The van der Waals surface area contributed by atoms with E-state index in [4.69, 9.17) is 14.6 Å². The fourth-order valence-corrected chi connectivity index (χ4v) is 1.99. The molecule has 0 spiro atoms. The molecule has 100 valence electrons. The number of morpholine rings is 1. The van der Waals surface area contributed by atoms with Crippen LogP contribution in [0, 0.1) is 0 Å². The first-order chi connectivity index (χ1) is 8.88. The van der Waals surface area contributed by atoms with E-state index in [1.165, 1.54) is 0 Å². The highest BCUT2D eigenvalue weighted by Crippen LogP contribution is 2.12. The highest BCUT2D eigenvalue weighted by Gasteiger charge is 2.09.